The fourth-order valence-electron chi connectivity index (χ4n) is 0.578. The summed E-state index contributed by atoms with van der Waals surface area (Å²) in [5.74, 6) is 5.17. The molecule has 0 aliphatic rings. The molecule has 0 amide bonds. The second-order valence-corrected chi connectivity index (χ2v) is 2.90. The highest BCUT2D eigenvalue weighted by molar-refractivity contribution is 14.1. The molecular weight excluding hydrogens is 262 g/mol. The van der Waals surface area contributed by atoms with Gasteiger partial charge in [-0.15, -0.1) is 12.4 Å². The summed E-state index contributed by atoms with van der Waals surface area (Å²) in [5.41, 5.74) is 3.51. The molecule has 0 heterocycles. The highest BCUT2D eigenvalue weighted by atomic mass is 127. The molecule has 1 rings (SSSR count). The number of nitrogen functional groups attached to an aromatic ring is 1. The van der Waals surface area contributed by atoms with E-state index in [0.717, 1.165) is 5.69 Å². The van der Waals surface area contributed by atoms with Gasteiger partial charge in [0.2, 0.25) is 0 Å². The normalized spacial score (nSPS) is 8.20. The highest BCUT2D eigenvalue weighted by Crippen LogP contribution is 2.10. The fourth-order valence-corrected chi connectivity index (χ4v) is 1.12. The Kier molecular flexibility index (Phi) is 4.76. The van der Waals surface area contributed by atoms with Gasteiger partial charge in [-0.1, -0.05) is 6.07 Å². The number of anilines is 1. The van der Waals surface area contributed by atoms with Crippen LogP contribution in [-0.2, 0) is 0 Å². The zero-order chi connectivity index (χ0) is 6.69. The number of benzene rings is 1. The lowest BCUT2D eigenvalue weighted by Crippen LogP contribution is -2.06. The van der Waals surface area contributed by atoms with Crippen molar-refractivity contribution in [1.29, 1.82) is 0 Å². The van der Waals surface area contributed by atoms with Crippen molar-refractivity contribution in [2.24, 2.45) is 5.84 Å². The van der Waals surface area contributed by atoms with Crippen LogP contribution in [0, 0.1) is 3.57 Å². The third kappa shape index (κ3) is 2.72. The van der Waals surface area contributed by atoms with Crippen LogP contribution in [0.4, 0.5) is 5.69 Å². The number of nitrogens with two attached hydrogens (primary N) is 1. The van der Waals surface area contributed by atoms with Crippen LogP contribution >= 0.6 is 35.0 Å². The Hall–Kier alpha value is -0.000000000000000111. The van der Waals surface area contributed by atoms with Crippen LogP contribution < -0.4 is 11.3 Å². The smallest absolute Gasteiger partial charge is 0.0495 e. The van der Waals surface area contributed by atoms with Crippen LogP contribution in [-0.4, -0.2) is 0 Å². The molecule has 3 N–H and O–H groups in total. The molecule has 56 valence electrons. The summed E-state index contributed by atoms with van der Waals surface area (Å²) in [4.78, 5) is 0. The Labute approximate surface area is 79.7 Å². The van der Waals surface area contributed by atoms with Gasteiger partial charge in [0, 0.05) is 9.26 Å². The first-order valence-electron chi connectivity index (χ1n) is 2.55. The minimum Gasteiger partial charge on any atom is -0.324 e. The van der Waals surface area contributed by atoms with Gasteiger partial charge in [0.1, 0.15) is 0 Å². The molecule has 0 saturated heterocycles. The maximum Gasteiger partial charge on any atom is 0.0495 e. The fraction of sp³-hybridized carbons (Fsp3) is 0. The first-order chi connectivity index (χ1) is 4.33. The summed E-state index contributed by atoms with van der Waals surface area (Å²) < 4.78 is 1.18. The van der Waals surface area contributed by atoms with E-state index in [9.17, 15) is 0 Å². The first kappa shape index (κ1) is 10.0. The molecule has 2 nitrogen and oxygen atoms in total. The SMILES string of the molecule is Cl.NNc1cccc(I)c1. The second kappa shape index (κ2) is 4.76. The summed E-state index contributed by atoms with van der Waals surface area (Å²) in [6.07, 6.45) is 0. The molecule has 1 aromatic rings. The Balaban J connectivity index is 0.000000810. The number of hydrogen-bond acceptors (Lipinski definition) is 2. The standard InChI is InChI=1S/C6H7IN2.ClH/c7-5-2-1-3-6(4-5)9-8;/h1-4,9H,8H2;1H. The molecule has 0 atom stereocenters. The average Bonchev–Trinajstić information content (AvgIpc) is 1.88. The van der Waals surface area contributed by atoms with E-state index in [2.05, 4.69) is 28.0 Å². The molecule has 0 unspecified atom stereocenters. The van der Waals surface area contributed by atoms with Gasteiger partial charge in [0.25, 0.3) is 0 Å². The summed E-state index contributed by atoms with van der Waals surface area (Å²) in [7, 11) is 0. The third-order valence-corrected chi connectivity index (χ3v) is 1.66. The number of rotatable bonds is 1. The number of nitrogens with one attached hydrogen (secondary N) is 1. The van der Waals surface area contributed by atoms with Gasteiger partial charge < -0.3 is 5.43 Å². The molecule has 0 aromatic heterocycles. The van der Waals surface area contributed by atoms with Crippen molar-refractivity contribution in [3.63, 3.8) is 0 Å². The van der Waals surface area contributed by atoms with Crippen molar-refractivity contribution < 1.29 is 0 Å². The maximum atomic E-state index is 5.17. The zero-order valence-corrected chi connectivity index (χ0v) is 8.15. The average molecular weight is 271 g/mol. The van der Waals surface area contributed by atoms with E-state index in [-0.39, 0.29) is 12.4 Å². The van der Waals surface area contributed by atoms with Crippen LogP contribution in [0.15, 0.2) is 24.3 Å². The molecule has 0 saturated carbocycles. The topological polar surface area (TPSA) is 38.0 Å². The predicted octanol–water partition coefficient (Wildman–Crippen LogP) is 2.00. The van der Waals surface area contributed by atoms with Crippen molar-refractivity contribution in [3.05, 3.63) is 27.8 Å². The van der Waals surface area contributed by atoms with Gasteiger partial charge in [0.15, 0.2) is 0 Å². The minimum atomic E-state index is 0. The summed E-state index contributed by atoms with van der Waals surface area (Å²) in [6.45, 7) is 0. The molecular formula is C6H8ClIN2. The van der Waals surface area contributed by atoms with Crippen molar-refractivity contribution >= 4 is 40.7 Å². The van der Waals surface area contributed by atoms with Crippen LogP contribution in [0.3, 0.4) is 0 Å². The quantitative estimate of drug-likeness (QED) is 0.465. The van der Waals surface area contributed by atoms with Crippen molar-refractivity contribution in [2.75, 3.05) is 5.43 Å². The Morgan fingerprint density at radius 2 is 2.10 bits per heavy atom. The van der Waals surface area contributed by atoms with E-state index < -0.39 is 0 Å². The van der Waals surface area contributed by atoms with Crippen molar-refractivity contribution in [1.82, 2.24) is 0 Å². The molecule has 0 aliphatic heterocycles. The molecule has 1 aromatic carbocycles. The van der Waals surface area contributed by atoms with Gasteiger partial charge in [-0.05, 0) is 40.8 Å². The largest absolute Gasteiger partial charge is 0.324 e. The van der Waals surface area contributed by atoms with E-state index in [1.54, 1.807) is 0 Å². The Morgan fingerprint density at radius 1 is 1.40 bits per heavy atom. The molecule has 0 radical (unpaired) electrons. The van der Waals surface area contributed by atoms with Crippen LogP contribution in [0.25, 0.3) is 0 Å². The van der Waals surface area contributed by atoms with Gasteiger partial charge >= 0.3 is 0 Å². The molecule has 10 heavy (non-hydrogen) atoms. The van der Waals surface area contributed by atoms with Gasteiger partial charge in [0.05, 0.1) is 0 Å². The van der Waals surface area contributed by atoms with Crippen molar-refractivity contribution in [3.8, 4) is 0 Å². The molecule has 4 heteroatoms. The van der Waals surface area contributed by atoms with Gasteiger partial charge in [-0.3, -0.25) is 5.84 Å². The molecule has 0 spiro atoms. The summed E-state index contributed by atoms with van der Waals surface area (Å²) in [6, 6.07) is 7.86. The summed E-state index contributed by atoms with van der Waals surface area (Å²) >= 11 is 2.23. The van der Waals surface area contributed by atoms with Crippen LogP contribution in [0.1, 0.15) is 0 Å². The number of halogens is 2. The highest BCUT2D eigenvalue weighted by Gasteiger charge is 1.86. The Morgan fingerprint density at radius 3 is 2.50 bits per heavy atom. The van der Waals surface area contributed by atoms with E-state index in [1.807, 2.05) is 24.3 Å². The molecule has 0 fully saturated rings. The van der Waals surface area contributed by atoms with E-state index >= 15 is 0 Å². The third-order valence-electron chi connectivity index (χ3n) is 0.991. The predicted molar refractivity (Wildman–Crippen MR) is 54.2 cm³/mol. The molecule has 0 bridgehead atoms. The van der Waals surface area contributed by atoms with E-state index in [1.165, 1.54) is 3.57 Å². The lowest BCUT2D eigenvalue weighted by molar-refractivity contribution is 1.35. The van der Waals surface area contributed by atoms with E-state index in [4.69, 9.17) is 5.84 Å². The molecule has 0 aliphatic carbocycles. The number of hydrogen-bond donors (Lipinski definition) is 2. The van der Waals surface area contributed by atoms with Gasteiger partial charge in [-0.2, -0.15) is 0 Å². The second-order valence-electron chi connectivity index (χ2n) is 1.65. The van der Waals surface area contributed by atoms with E-state index in [0.29, 0.717) is 0 Å². The monoisotopic (exact) mass is 270 g/mol. The maximum absolute atomic E-state index is 5.17. The van der Waals surface area contributed by atoms with Gasteiger partial charge in [-0.25, -0.2) is 0 Å². The Bertz CT molecular complexity index is 205. The van der Waals surface area contributed by atoms with Crippen molar-refractivity contribution in [2.45, 2.75) is 0 Å². The summed E-state index contributed by atoms with van der Waals surface area (Å²) in [5, 5.41) is 0. The lowest BCUT2D eigenvalue weighted by atomic mass is 10.3. The first-order valence-corrected chi connectivity index (χ1v) is 3.63. The minimum absolute atomic E-state index is 0. The van der Waals surface area contributed by atoms with Crippen LogP contribution in [0.5, 0.6) is 0 Å². The van der Waals surface area contributed by atoms with Crippen LogP contribution in [0.2, 0.25) is 0 Å². The lowest BCUT2D eigenvalue weighted by Gasteiger charge is -1.97. The zero-order valence-electron chi connectivity index (χ0n) is 5.17. The number of hydrazine groups is 1.